The fraction of sp³-hybridized carbons (Fsp3) is 0.562. The Morgan fingerprint density at radius 1 is 1.38 bits per heavy atom. The highest BCUT2D eigenvalue weighted by atomic mass is 79.9. The molecule has 2 N–H and O–H groups in total. The van der Waals surface area contributed by atoms with Crippen LogP contribution in [0.1, 0.15) is 25.3 Å². The van der Waals surface area contributed by atoms with Gasteiger partial charge in [0.2, 0.25) is 5.91 Å². The SMILES string of the molecule is CC(Cc1ccc(Br)cc1)NC(=O)COC1CCNCC1. The monoisotopic (exact) mass is 354 g/mol. The van der Waals surface area contributed by atoms with E-state index in [0.29, 0.717) is 0 Å². The van der Waals surface area contributed by atoms with Crippen molar-refractivity contribution >= 4 is 21.8 Å². The third-order valence-electron chi connectivity index (χ3n) is 3.60. The fourth-order valence-corrected chi connectivity index (χ4v) is 2.76. The maximum absolute atomic E-state index is 11.9. The van der Waals surface area contributed by atoms with Gasteiger partial charge in [0.1, 0.15) is 6.61 Å². The van der Waals surface area contributed by atoms with Crippen molar-refractivity contribution in [2.45, 2.75) is 38.3 Å². The second-order valence-electron chi connectivity index (χ2n) is 5.56. The van der Waals surface area contributed by atoms with Gasteiger partial charge in [-0.3, -0.25) is 4.79 Å². The Labute approximate surface area is 134 Å². The average molecular weight is 355 g/mol. The first kappa shape index (κ1) is 16.5. The van der Waals surface area contributed by atoms with Crippen LogP contribution in [-0.2, 0) is 16.0 Å². The summed E-state index contributed by atoms with van der Waals surface area (Å²) < 4.78 is 6.72. The van der Waals surface area contributed by atoms with E-state index >= 15 is 0 Å². The Morgan fingerprint density at radius 3 is 2.71 bits per heavy atom. The normalized spacial score (nSPS) is 17.4. The van der Waals surface area contributed by atoms with Crippen LogP contribution in [0.15, 0.2) is 28.7 Å². The summed E-state index contributed by atoms with van der Waals surface area (Å²) in [5.41, 5.74) is 1.21. The minimum atomic E-state index is -0.0295. The van der Waals surface area contributed by atoms with Crippen molar-refractivity contribution in [3.8, 4) is 0 Å². The van der Waals surface area contributed by atoms with Crippen molar-refractivity contribution in [1.29, 1.82) is 0 Å². The lowest BCUT2D eigenvalue weighted by Gasteiger charge is -2.23. The first-order valence-corrected chi connectivity index (χ1v) is 8.29. The summed E-state index contributed by atoms with van der Waals surface area (Å²) in [4.78, 5) is 11.9. The summed E-state index contributed by atoms with van der Waals surface area (Å²) in [7, 11) is 0. The minimum absolute atomic E-state index is 0.0295. The summed E-state index contributed by atoms with van der Waals surface area (Å²) in [6.45, 7) is 4.14. The molecule has 1 amide bonds. The van der Waals surface area contributed by atoms with Crippen LogP contribution < -0.4 is 10.6 Å². The number of halogens is 1. The van der Waals surface area contributed by atoms with Crippen LogP contribution in [0.25, 0.3) is 0 Å². The number of hydrogen-bond acceptors (Lipinski definition) is 3. The standard InChI is InChI=1S/C16H23BrN2O2/c1-12(10-13-2-4-14(17)5-3-13)19-16(20)11-21-15-6-8-18-9-7-15/h2-5,12,15,18H,6-11H2,1H3,(H,19,20). The quantitative estimate of drug-likeness (QED) is 0.823. The summed E-state index contributed by atoms with van der Waals surface area (Å²) in [5.74, 6) is -0.0295. The molecule has 5 heteroatoms. The molecule has 1 heterocycles. The van der Waals surface area contributed by atoms with Crippen molar-refractivity contribution in [3.05, 3.63) is 34.3 Å². The molecule has 1 unspecified atom stereocenters. The molecule has 4 nitrogen and oxygen atoms in total. The number of carbonyl (C=O) groups excluding carboxylic acids is 1. The molecule has 0 bridgehead atoms. The van der Waals surface area contributed by atoms with Crippen molar-refractivity contribution in [3.63, 3.8) is 0 Å². The molecule has 0 spiro atoms. The van der Waals surface area contributed by atoms with Gasteiger partial charge in [-0.2, -0.15) is 0 Å². The Balaban J connectivity index is 1.67. The number of nitrogens with one attached hydrogen (secondary N) is 2. The average Bonchev–Trinajstić information content (AvgIpc) is 2.48. The van der Waals surface area contributed by atoms with Gasteiger partial charge >= 0.3 is 0 Å². The van der Waals surface area contributed by atoms with Crippen LogP contribution in [0, 0.1) is 0 Å². The molecule has 1 atom stereocenters. The van der Waals surface area contributed by atoms with E-state index < -0.39 is 0 Å². The lowest BCUT2D eigenvalue weighted by atomic mass is 10.1. The molecular formula is C16H23BrN2O2. The smallest absolute Gasteiger partial charge is 0.246 e. The molecule has 0 aliphatic carbocycles. The number of ether oxygens (including phenoxy) is 1. The second-order valence-corrected chi connectivity index (χ2v) is 6.48. The van der Waals surface area contributed by atoms with Gasteiger partial charge in [-0.15, -0.1) is 0 Å². The van der Waals surface area contributed by atoms with Gasteiger partial charge in [0, 0.05) is 10.5 Å². The topological polar surface area (TPSA) is 50.4 Å². The number of amides is 1. The highest BCUT2D eigenvalue weighted by Gasteiger charge is 2.15. The molecule has 0 radical (unpaired) electrons. The Bertz CT molecular complexity index is 444. The van der Waals surface area contributed by atoms with Gasteiger partial charge < -0.3 is 15.4 Å². The molecule has 1 aliphatic heterocycles. The summed E-state index contributed by atoms with van der Waals surface area (Å²) in [6, 6.07) is 8.28. The zero-order valence-electron chi connectivity index (χ0n) is 12.4. The zero-order chi connectivity index (χ0) is 15.1. The van der Waals surface area contributed by atoms with Crippen molar-refractivity contribution in [2.24, 2.45) is 0 Å². The highest BCUT2D eigenvalue weighted by Crippen LogP contribution is 2.12. The molecule has 0 aromatic heterocycles. The third kappa shape index (κ3) is 6.16. The second kappa shape index (κ2) is 8.51. The molecular weight excluding hydrogens is 332 g/mol. The minimum Gasteiger partial charge on any atom is -0.368 e. The van der Waals surface area contributed by atoms with Gasteiger partial charge in [0.15, 0.2) is 0 Å². The number of hydrogen-bond donors (Lipinski definition) is 2. The van der Waals surface area contributed by atoms with Gasteiger partial charge in [0.25, 0.3) is 0 Å². The van der Waals surface area contributed by atoms with Crippen LogP contribution in [0.4, 0.5) is 0 Å². The number of piperidine rings is 1. The van der Waals surface area contributed by atoms with E-state index in [9.17, 15) is 4.79 Å². The molecule has 21 heavy (non-hydrogen) atoms. The Kier molecular flexibility index (Phi) is 6.67. The van der Waals surface area contributed by atoms with E-state index in [4.69, 9.17) is 4.74 Å². The summed E-state index contributed by atoms with van der Waals surface area (Å²) in [6.07, 6.45) is 3.02. The van der Waals surface area contributed by atoms with Crippen LogP contribution in [0.3, 0.4) is 0 Å². The van der Waals surface area contributed by atoms with Crippen molar-refractivity contribution in [2.75, 3.05) is 19.7 Å². The maximum Gasteiger partial charge on any atom is 0.246 e. The van der Waals surface area contributed by atoms with Crippen LogP contribution >= 0.6 is 15.9 Å². The highest BCUT2D eigenvalue weighted by molar-refractivity contribution is 9.10. The molecule has 0 saturated carbocycles. The molecule has 1 fully saturated rings. The predicted octanol–water partition coefficient (Wildman–Crippen LogP) is 2.26. The molecule has 2 rings (SSSR count). The molecule has 1 aromatic rings. The van der Waals surface area contributed by atoms with E-state index in [-0.39, 0.29) is 24.7 Å². The number of carbonyl (C=O) groups is 1. The number of benzene rings is 1. The van der Waals surface area contributed by atoms with E-state index in [1.165, 1.54) is 5.56 Å². The van der Waals surface area contributed by atoms with Crippen molar-refractivity contribution < 1.29 is 9.53 Å². The van der Waals surface area contributed by atoms with Gasteiger partial charge in [-0.25, -0.2) is 0 Å². The van der Waals surface area contributed by atoms with Gasteiger partial charge in [-0.1, -0.05) is 28.1 Å². The van der Waals surface area contributed by atoms with Crippen LogP contribution in [-0.4, -0.2) is 37.7 Å². The fourth-order valence-electron chi connectivity index (χ4n) is 2.50. The largest absolute Gasteiger partial charge is 0.368 e. The van der Waals surface area contributed by atoms with E-state index in [1.54, 1.807) is 0 Å². The maximum atomic E-state index is 11.9. The molecule has 1 aliphatic rings. The molecule has 116 valence electrons. The Hall–Kier alpha value is -0.910. The van der Waals surface area contributed by atoms with Gasteiger partial charge in [0.05, 0.1) is 6.10 Å². The third-order valence-corrected chi connectivity index (χ3v) is 4.13. The summed E-state index contributed by atoms with van der Waals surface area (Å²) in [5, 5.41) is 6.27. The molecule has 1 saturated heterocycles. The molecule has 1 aromatic carbocycles. The summed E-state index contributed by atoms with van der Waals surface area (Å²) >= 11 is 3.42. The van der Waals surface area contributed by atoms with Crippen molar-refractivity contribution in [1.82, 2.24) is 10.6 Å². The van der Waals surface area contributed by atoms with Crippen LogP contribution in [0.2, 0.25) is 0 Å². The lowest BCUT2D eigenvalue weighted by molar-refractivity contribution is -0.128. The van der Waals surface area contributed by atoms with E-state index in [2.05, 4.69) is 38.7 Å². The Morgan fingerprint density at radius 2 is 2.05 bits per heavy atom. The van der Waals surface area contributed by atoms with Crippen LogP contribution in [0.5, 0.6) is 0 Å². The van der Waals surface area contributed by atoms with E-state index in [0.717, 1.165) is 36.8 Å². The van der Waals surface area contributed by atoms with Gasteiger partial charge in [-0.05, 0) is 57.0 Å². The number of rotatable bonds is 6. The van der Waals surface area contributed by atoms with E-state index in [1.807, 2.05) is 19.1 Å². The predicted molar refractivity (Wildman–Crippen MR) is 87.3 cm³/mol. The first-order chi connectivity index (χ1) is 10.1. The first-order valence-electron chi connectivity index (χ1n) is 7.49. The zero-order valence-corrected chi connectivity index (χ0v) is 14.0. The lowest BCUT2D eigenvalue weighted by Crippen LogP contribution is -2.39.